The number of nitrogens with one attached hydrogen (secondary N) is 1. The molecule has 1 aromatic heterocycles. The van der Waals surface area contributed by atoms with E-state index >= 15 is 0 Å². The van der Waals surface area contributed by atoms with Gasteiger partial charge in [-0.2, -0.15) is 0 Å². The quantitative estimate of drug-likeness (QED) is 0.781. The molecule has 1 unspecified atom stereocenters. The number of hydrogen-bond donors (Lipinski definition) is 1. The van der Waals surface area contributed by atoms with Gasteiger partial charge in [0.15, 0.2) is 11.0 Å². The van der Waals surface area contributed by atoms with Crippen LogP contribution in [0.2, 0.25) is 0 Å². The van der Waals surface area contributed by atoms with Crippen molar-refractivity contribution in [1.82, 2.24) is 20.1 Å². The molecule has 0 aliphatic carbocycles. The molecule has 0 saturated carbocycles. The minimum absolute atomic E-state index is 0.0395. The fourth-order valence-electron chi connectivity index (χ4n) is 2.03. The molecule has 2 aromatic rings. The van der Waals surface area contributed by atoms with E-state index in [1.807, 2.05) is 14.0 Å². The molecular weight excluding hydrogens is 319 g/mol. The molecule has 1 heterocycles. The summed E-state index contributed by atoms with van der Waals surface area (Å²) >= 11 is 1.30. The van der Waals surface area contributed by atoms with Crippen LogP contribution < -0.4 is 5.32 Å². The highest BCUT2D eigenvalue weighted by molar-refractivity contribution is 7.99. The predicted molar refractivity (Wildman–Crippen MR) is 86.6 cm³/mol. The van der Waals surface area contributed by atoms with Gasteiger partial charge in [0.1, 0.15) is 5.82 Å². The Morgan fingerprint density at radius 3 is 2.74 bits per heavy atom. The minimum atomic E-state index is -0.299. The molecule has 2 rings (SSSR count). The van der Waals surface area contributed by atoms with Crippen molar-refractivity contribution in [3.63, 3.8) is 0 Å². The lowest BCUT2D eigenvalue weighted by atomic mass is 10.2. The largest absolute Gasteiger partial charge is 0.383 e. The summed E-state index contributed by atoms with van der Waals surface area (Å²) in [5.41, 5.74) is 0.770. The normalized spacial score (nSPS) is 12.2. The van der Waals surface area contributed by atoms with E-state index in [1.165, 1.54) is 23.9 Å². The van der Waals surface area contributed by atoms with E-state index in [2.05, 4.69) is 15.5 Å². The molecule has 1 atom stereocenters. The zero-order valence-electron chi connectivity index (χ0n) is 13.2. The summed E-state index contributed by atoms with van der Waals surface area (Å²) in [6.07, 6.45) is 0. The number of thioether (sulfide) groups is 1. The first kappa shape index (κ1) is 17.4. The molecule has 0 radical (unpaired) electrons. The van der Waals surface area contributed by atoms with Crippen LogP contribution in [0.3, 0.4) is 0 Å². The summed E-state index contributed by atoms with van der Waals surface area (Å²) in [7, 11) is 3.40. The van der Waals surface area contributed by atoms with Gasteiger partial charge in [0, 0.05) is 25.8 Å². The number of hydrogen-bond acceptors (Lipinski definition) is 5. The Balaban J connectivity index is 1.97. The number of rotatable bonds is 7. The van der Waals surface area contributed by atoms with Crippen LogP contribution >= 0.6 is 11.8 Å². The third kappa shape index (κ3) is 4.77. The second kappa shape index (κ2) is 8.07. The van der Waals surface area contributed by atoms with Gasteiger partial charge in [-0.25, -0.2) is 4.39 Å². The lowest BCUT2D eigenvalue weighted by Crippen LogP contribution is -2.36. The van der Waals surface area contributed by atoms with Crippen LogP contribution in [0, 0.1) is 5.82 Å². The third-order valence-corrected chi connectivity index (χ3v) is 4.11. The van der Waals surface area contributed by atoms with Gasteiger partial charge in [-0.15, -0.1) is 10.2 Å². The van der Waals surface area contributed by atoms with Gasteiger partial charge in [-0.1, -0.05) is 11.8 Å². The maximum atomic E-state index is 13.0. The molecule has 23 heavy (non-hydrogen) atoms. The first-order valence-electron chi connectivity index (χ1n) is 7.07. The highest BCUT2D eigenvalue weighted by Crippen LogP contribution is 2.22. The van der Waals surface area contributed by atoms with Gasteiger partial charge in [0.05, 0.1) is 12.4 Å². The van der Waals surface area contributed by atoms with Gasteiger partial charge in [0.2, 0.25) is 5.91 Å². The molecule has 0 spiro atoms. The van der Waals surface area contributed by atoms with Crippen LogP contribution in [0.1, 0.15) is 6.92 Å². The molecule has 1 aromatic carbocycles. The van der Waals surface area contributed by atoms with Crippen LogP contribution in [0.4, 0.5) is 4.39 Å². The molecule has 124 valence electrons. The summed E-state index contributed by atoms with van der Waals surface area (Å²) < 4.78 is 19.7. The number of benzene rings is 1. The standard InChI is InChI=1S/C15H19FN4O2S/c1-10(8-22-3)17-13(21)9-23-15-19-18-14(20(15)2)11-4-6-12(16)7-5-11/h4-7,10H,8-9H2,1-3H3,(H,17,21). The zero-order valence-corrected chi connectivity index (χ0v) is 14.1. The van der Waals surface area contributed by atoms with Crippen LogP contribution in [0.15, 0.2) is 29.4 Å². The summed E-state index contributed by atoms with van der Waals surface area (Å²) in [5.74, 6) is 0.475. The number of aromatic nitrogens is 3. The van der Waals surface area contributed by atoms with E-state index in [1.54, 1.807) is 23.8 Å². The summed E-state index contributed by atoms with van der Waals surface area (Å²) in [4.78, 5) is 11.8. The summed E-state index contributed by atoms with van der Waals surface area (Å²) in [6.45, 7) is 2.34. The summed E-state index contributed by atoms with van der Waals surface area (Å²) in [6, 6.07) is 6.00. The molecule has 6 nitrogen and oxygen atoms in total. The fraction of sp³-hybridized carbons (Fsp3) is 0.400. The van der Waals surface area contributed by atoms with E-state index < -0.39 is 0 Å². The number of carbonyl (C=O) groups is 1. The average molecular weight is 338 g/mol. The monoisotopic (exact) mass is 338 g/mol. The molecule has 8 heteroatoms. The van der Waals surface area contributed by atoms with Crippen LogP contribution in [0.25, 0.3) is 11.4 Å². The van der Waals surface area contributed by atoms with Crippen molar-refractivity contribution >= 4 is 17.7 Å². The highest BCUT2D eigenvalue weighted by Gasteiger charge is 2.14. The van der Waals surface area contributed by atoms with Crippen LogP contribution in [0.5, 0.6) is 0 Å². The molecule has 1 N–H and O–H groups in total. The van der Waals surface area contributed by atoms with Gasteiger partial charge >= 0.3 is 0 Å². The van der Waals surface area contributed by atoms with Crippen molar-refractivity contribution in [2.45, 2.75) is 18.1 Å². The van der Waals surface area contributed by atoms with Crippen LogP contribution in [-0.4, -0.2) is 46.2 Å². The van der Waals surface area contributed by atoms with E-state index in [0.717, 1.165) is 5.56 Å². The average Bonchev–Trinajstić information content (AvgIpc) is 2.87. The maximum absolute atomic E-state index is 13.0. The Labute approximate surface area is 138 Å². The highest BCUT2D eigenvalue weighted by atomic mass is 32.2. The number of amides is 1. The molecule has 1 amide bonds. The number of ether oxygens (including phenoxy) is 1. The Hall–Kier alpha value is -1.93. The number of halogens is 1. The predicted octanol–water partition coefficient (Wildman–Crippen LogP) is 1.86. The molecule has 0 aliphatic heterocycles. The molecule has 0 bridgehead atoms. The molecule has 0 saturated heterocycles. The van der Waals surface area contributed by atoms with Crippen molar-refractivity contribution in [1.29, 1.82) is 0 Å². The smallest absolute Gasteiger partial charge is 0.230 e. The summed E-state index contributed by atoms with van der Waals surface area (Å²) in [5, 5.41) is 11.6. The SMILES string of the molecule is COCC(C)NC(=O)CSc1nnc(-c2ccc(F)cc2)n1C. The Bertz CT molecular complexity index is 660. The molecule has 0 fully saturated rings. The number of methoxy groups -OCH3 is 1. The maximum Gasteiger partial charge on any atom is 0.230 e. The minimum Gasteiger partial charge on any atom is -0.383 e. The Morgan fingerprint density at radius 2 is 2.09 bits per heavy atom. The van der Waals surface area contributed by atoms with E-state index in [4.69, 9.17) is 4.74 Å². The Kier molecular flexibility index (Phi) is 6.12. The first-order valence-corrected chi connectivity index (χ1v) is 8.06. The van der Waals surface area contributed by atoms with Gasteiger partial charge < -0.3 is 14.6 Å². The van der Waals surface area contributed by atoms with E-state index in [9.17, 15) is 9.18 Å². The van der Waals surface area contributed by atoms with Crippen molar-refractivity contribution in [2.24, 2.45) is 7.05 Å². The number of carbonyl (C=O) groups excluding carboxylic acids is 1. The Morgan fingerprint density at radius 1 is 1.39 bits per heavy atom. The topological polar surface area (TPSA) is 69.0 Å². The van der Waals surface area contributed by atoms with Crippen LogP contribution in [-0.2, 0) is 16.6 Å². The van der Waals surface area contributed by atoms with E-state index in [-0.39, 0.29) is 23.5 Å². The van der Waals surface area contributed by atoms with Crippen molar-refractivity contribution in [2.75, 3.05) is 19.5 Å². The second-order valence-electron chi connectivity index (χ2n) is 5.08. The first-order chi connectivity index (χ1) is 11.0. The van der Waals surface area contributed by atoms with Crippen molar-refractivity contribution in [3.05, 3.63) is 30.1 Å². The second-order valence-corrected chi connectivity index (χ2v) is 6.03. The molecular formula is C15H19FN4O2S. The lowest BCUT2D eigenvalue weighted by Gasteiger charge is -2.12. The van der Waals surface area contributed by atoms with Crippen molar-refractivity contribution < 1.29 is 13.9 Å². The zero-order chi connectivity index (χ0) is 16.8. The van der Waals surface area contributed by atoms with Gasteiger partial charge in [0.25, 0.3) is 0 Å². The van der Waals surface area contributed by atoms with Gasteiger partial charge in [-0.05, 0) is 31.2 Å². The molecule has 0 aliphatic rings. The number of nitrogens with zero attached hydrogens (tertiary/aromatic N) is 3. The van der Waals surface area contributed by atoms with Crippen molar-refractivity contribution in [3.8, 4) is 11.4 Å². The fourth-order valence-corrected chi connectivity index (χ4v) is 2.75. The lowest BCUT2D eigenvalue weighted by molar-refractivity contribution is -0.119. The third-order valence-electron chi connectivity index (χ3n) is 3.09. The van der Waals surface area contributed by atoms with E-state index in [0.29, 0.717) is 17.6 Å². The van der Waals surface area contributed by atoms with Gasteiger partial charge in [-0.3, -0.25) is 4.79 Å².